The minimum absolute atomic E-state index is 0.0256. The lowest BCUT2D eigenvalue weighted by atomic mass is 10.2. The van der Waals surface area contributed by atoms with Crippen molar-refractivity contribution < 1.29 is 13.6 Å². The molecule has 0 aliphatic heterocycles. The van der Waals surface area contributed by atoms with Crippen molar-refractivity contribution in [2.45, 2.75) is 12.1 Å². The fraction of sp³-hybridized carbons (Fsp3) is 0.0800. The van der Waals surface area contributed by atoms with Crippen molar-refractivity contribution in [3.63, 3.8) is 0 Å². The topological polar surface area (TPSA) is 77.1 Å². The van der Waals surface area contributed by atoms with Crippen LogP contribution in [0.4, 0.5) is 10.1 Å². The van der Waals surface area contributed by atoms with Crippen molar-refractivity contribution in [3.8, 4) is 17.0 Å². The molecule has 0 aliphatic rings. The molecule has 0 saturated heterocycles. The molecule has 3 heterocycles. The fourth-order valence-corrected chi connectivity index (χ4v) is 5.28. The Balaban J connectivity index is 1.52. The fourth-order valence-electron chi connectivity index (χ4n) is 3.49. The van der Waals surface area contributed by atoms with Gasteiger partial charge in [-0.25, -0.2) is 9.37 Å². The number of thioether (sulfide) groups is 1. The molecule has 0 radical (unpaired) electrons. The molecule has 9 heteroatoms. The van der Waals surface area contributed by atoms with E-state index in [2.05, 4.69) is 5.32 Å². The van der Waals surface area contributed by atoms with E-state index in [0.717, 1.165) is 17.5 Å². The standard InChI is InChI=1S/C25H18FN3O3S2/c1-15-7-12-20(32-15)19-13-33-23-22(19)24(31)29(18-5-3-2-4-6-18)25(28-23)34-14-21(30)27-17-10-8-16(26)9-11-17/h2-13H,14H2,1H3,(H,27,30). The number of nitrogens with one attached hydrogen (secondary N) is 1. The second-order valence-corrected chi connectivity index (χ2v) is 9.25. The van der Waals surface area contributed by atoms with Gasteiger partial charge in [0.25, 0.3) is 5.56 Å². The summed E-state index contributed by atoms with van der Waals surface area (Å²) in [5, 5.41) is 5.47. The van der Waals surface area contributed by atoms with Gasteiger partial charge in [-0.05, 0) is 55.5 Å². The smallest absolute Gasteiger partial charge is 0.268 e. The van der Waals surface area contributed by atoms with Gasteiger partial charge >= 0.3 is 0 Å². The Hall–Kier alpha value is -3.69. The van der Waals surface area contributed by atoms with Gasteiger partial charge < -0.3 is 9.73 Å². The largest absolute Gasteiger partial charge is 0.461 e. The zero-order valence-electron chi connectivity index (χ0n) is 17.9. The summed E-state index contributed by atoms with van der Waals surface area (Å²) < 4.78 is 20.4. The molecule has 6 nitrogen and oxygen atoms in total. The number of hydrogen-bond acceptors (Lipinski definition) is 6. The second-order valence-electron chi connectivity index (χ2n) is 7.45. The van der Waals surface area contributed by atoms with Crippen LogP contribution >= 0.6 is 23.1 Å². The molecule has 0 atom stereocenters. The van der Waals surface area contributed by atoms with Gasteiger partial charge in [0.1, 0.15) is 22.2 Å². The number of carbonyl (C=O) groups excluding carboxylic acids is 1. The number of rotatable bonds is 6. The normalized spacial score (nSPS) is 11.1. The van der Waals surface area contributed by atoms with E-state index in [1.165, 1.54) is 40.2 Å². The van der Waals surface area contributed by atoms with E-state index in [1.54, 1.807) is 0 Å². The number of furan rings is 1. The van der Waals surface area contributed by atoms with Crippen LogP contribution in [0.5, 0.6) is 0 Å². The first-order valence-electron chi connectivity index (χ1n) is 10.3. The van der Waals surface area contributed by atoms with Gasteiger partial charge in [0.05, 0.1) is 16.8 Å². The summed E-state index contributed by atoms with van der Waals surface area (Å²) in [7, 11) is 0. The summed E-state index contributed by atoms with van der Waals surface area (Å²) in [4.78, 5) is 31.5. The van der Waals surface area contributed by atoms with Crippen molar-refractivity contribution in [3.05, 3.63) is 94.0 Å². The third-order valence-corrected chi connectivity index (χ3v) is 6.87. The summed E-state index contributed by atoms with van der Waals surface area (Å²) in [6.07, 6.45) is 0. The number of anilines is 1. The van der Waals surface area contributed by atoms with Crippen molar-refractivity contribution in [2.24, 2.45) is 0 Å². The number of aromatic nitrogens is 2. The number of nitrogens with zero attached hydrogens (tertiary/aromatic N) is 2. The van der Waals surface area contributed by atoms with Gasteiger partial charge in [0.2, 0.25) is 5.91 Å². The molecule has 0 saturated carbocycles. The molecule has 3 aromatic heterocycles. The van der Waals surface area contributed by atoms with E-state index in [9.17, 15) is 14.0 Å². The van der Waals surface area contributed by atoms with Gasteiger partial charge in [-0.3, -0.25) is 14.2 Å². The summed E-state index contributed by atoms with van der Waals surface area (Å²) >= 11 is 2.51. The molecule has 5 rings (SSSR count). The lowest BCUT2D eigenvalue weighted by Gasteiger charge is -2.12. The minimum atomic E-state index is -0.378. The maximum atomic E-state index is 13.7. The van der Waals surface area contributed by atoms with Crippen molar-refractivity contribution in [2.75, 3.05) is 11.1 Å². The molecule has 0 unspecified atom stereocenters. The molecule has 0 bridgehead atoms. The van der Waals surface area contributed by atoms with Crippen LogP contribution in [0.25, 0.3) is 27.2 Å². The first kappa shape index (κ1) is 22.1. The van der Waals surface area contributed by atoms with Crippen LogP contribution in [-0.4, -0.2) is 21.2 Å². The number of halogens is 1. The van der Waals surface area contributed by atoms with E-state index >= 15 is 0 Å². The highest BCUT2D eigenvalue weighted by Gasteiger charge is 2.20. The maximum Gasteiger partial charge on any atom is 0.268 e. The molecule has 170 valence electrons. The lowest BCUT2D eigenvalue weighted by Crippen LogP contribution is -2.22. The molecule has 0 fully saturated rings. The van der Waals surface area contributed by atoms with Gasteiger partial charge in [-0.1, -0.05) is 30.0 Å². The maximum absolute atomic E-state index is 13.7. The van der Waals surface area contributed by atoms with Crippen LogP contribution in [0.3, 0.4) is 0 Å². The van der Waals surface area contributed by atoms with Gasteiger partial charge in [0, 0.05) is 16.6 Å². The number of fused-ring (bicyclic) bond motifs is 1. The van der Waals surface area contributed by atoms with E-state index in [0.29, 0.717) is 38.1 Å². The summed E-state index contributed by atoms with van der Waals surface area (Å²) in [5.74, 6) is 0.726. The zero-order chi connectivity index (χ0) is 23.7. The van der Waals surface area contributed by atoms with Crippen LogP contribution in [0, 0.1) is 12.7 Å². The van der Waals surface area contributed by atoms with Crippen LogP contribution in [0.1, 0.15) is 5.76 Å². The van der Waals surface area contributed by atoms with E-state index < -0.39 is 0 Å². The first-order valence-corrected chi connectivity index (χ1v) is 12.2. The summed E-state index contributed by atoms with van der Waals surface area (Å²) in [6, 6.07) is 18.4. The molecule has 1 N–H and O–H groups in total. The highest BCUT2D eigenvalue weighted by molar-refractivity contribution is 7.99. The molecule has 0 spiro atoms. The highest BCUT2D eigenvalue weighted by Crippen LogP contribution is 2.33. The third-order valence-electron chi connectivity index (χ3n) is 5.06. The number of amides is 1. The molecule has 5 aromatic rings. The number of benzene rings is 2. The molecule has 1 amide bonds. The Morgan fingerprint density at radius 2 is 1.88 bits per heavy atom. The Bertz CT molecular complexity index is 1540. The van der Waals surface area contributed by atoms with E-state index in [4.69, 9.17) is 9.40 Å². The quantitative estimate of drug-likeness (QED) is 0.237. The van der Waals surface area contributed by atoms with E-state index in [1.807, 2.05) is 54.8 Å². The SMILES string of the molecule is Cc1ccc(-c2csc3nc(SCC(=O)Nc4ccc(F)cc4)n(-c4ccccc4)c(=O)c23)o1. The minimum Gasteiger partial charge on any atom is -0.461 e. The molecule has 2 aromatic carbocycles. The molecule has 34 heavy (non-hydrogen) atoms. The predicted octanol–water partition coefficient (Wildman–Crippen LogP) is 5.89. The Labute approximate surface area is 202 Å². The Morgan fingerprint density at radius 1 is 1.12 bits per heavy atom. The van der Waals surface area contributed by atoms with Crippen LogP contribution in [0.2, 0.25) is 0 Å². The van der Waals surface area contributed by atoms with Crippen molar-refractivity contribution in [1.29, 1.82) is 0 Å². The Kier molecular flexibility index (Phi) is 6.04. The summed E-state index contributed by atoms with van der Waals surface area (Å²) in [5.41, 5.74) is 1.60. The number of para-hydroxylation sites is 1. The third kappa shape index (κ3) is 4.40. The first-order chi connectivity index (χ1) is 16.5. The molecular formula is C25H18FN3O3S2. The van der Waals surface area contributed by atoms with E-state index in [-0.39, 0.29) is 23.0 Å². The number of hydrogen-bond donors (Lipinski definition) is 1. The monoisotopic (exact) mass is 491 g/mol. The highest BCUT2D eigenvalue weighted by atomic mass is 32.2. The van der Waals surface area contributed by atoms with Crippen LogP contribution < -0.4 is 10.9 Å². The number of carbonyl (C=O) groups is 1. The average molecular weight is 492 g/mol. The lowest BCUT2D eigenvalue weighted by molar-refractivity contribution is -0.113. The van der Waals surface area contributed by atoms with Crippen molar-refractivity contribution in [1.82, 2.24) is 9.55 Å². The number of thiophene rings is 1. The predicted molar refractivity (Wildman–Crippen MR) is 133 cm³/mol. The average Bonchev–Trinajstić information content (AvgIpc) is 3.46. The van der Waals surface area contributed by atoms with Crippen LogP contribution in [0.15, 0.2) is 86.5 Å². The molecular weight excluding hydrogens is 473 g/mol. The second kappa shape index (κ2) is 9.28. The van der Waals surface area contributed by atoms with Gasteiger partial charge in [-0.2, -0.15) is 0 Å². The van der Waals surface area contributed by atoms with Gasteiger partial charge in [0.15, 0.2) is 5.16 Å². The molecule has 0 aliphatic carbocycles. The van der Waals surface area contributed by atoms with Crippen LogP contribution in [-0.2, 0) is 4.79 Å². The van der Waals surface area contributed by atoms with Crippen molar-refractivity contribution >= 4 is 44.9 Å². The summed E-state index contributed by atoms with van der Waals surface area (Å²) in [6.45, 7) is 1.85. The Morgan fingerprint density at radius 3 is 2.59 bits per heavy atom. The zero-order valence-corrected chi connectivity index (χ0v) is 19.6. The number of aryl methyl sites for hydroxylation is 1. The van der Waals surface area contributed by atoms with Gasteiger partial charge in [-0.15, -0.1) is 11.3 Å².